The number of benzene rings is 1. The number of hydrogen-bond acceptors (Lipinski definition) is 6. The van der Waals surface area contributed by atoms with E-state index in [-0.39, 0.29) is 0 Å². The number of aromatic nitrogens is 1. The van der Waals surface area contributed by atoms with Crippen LogP contribution in [0, 0.1) is 6.92 Å². The minimum Gasteiger partial charge on any atom is -0.465 e. The number of carbonyl (C=O) groups is 1. The van der Waals surface area contributed by atoms with Crippen molar-refractivity contribution in [1.82, 2.24) is 4.98 Å². The van der Waals surface area contributed by atoms with Gasteiger partial charge >= 0.3 is 5.97 Å². The Hall–Kier alpha value is -1.95. The lowest BCUT2D eigenvalue weighted by Gasteiger charge is -2.05. The van der Waals surface area contributed by atoms with Gasteiger partial charge in [0.15, 0.2) is 0 Å². The van der Waals surface area contributed by atoms with Gasteiger partial charge in [0, 0.05) is 10.6 Å². The fourth-order valence-corrected chi connectivity index (χ4v) is 2.15. The highest BCUT2D eigenvalue weighted by molar-refractivity contribution is 7.99. The molecule has 5 nitrogen and oxygen atoms in total. The third-order valence-corrected chi connectivity index (χ3v) is 3.18. The van der Waals surface area contributed by atoms with Gasteiger partial charge in [-0.2, -0.15) is 0 Å². The maximum Gasteiger partial charge on any atom is 0.337 e. The highest BCUT2D eigenvalue weighted by Gasteiger charge is 2.11. The summed E-state index contributed by atoms with van der Waals surface area (Å²) in [5.74, 6) is -0.412. The minimum absolute atomic E-state index is 0.412. The Morgan fingerprint density at radius 3 is 2.83 bits per heavy atom. The highest BCUT2D eigenvalue weighted by atomic mass is 32.2. The van der Waals surface area contributed by atoms with Crippen molar-refractivity contribution >= 4 is 23.4 Å². The van der Waals surface area contributed by atoms with Gasteiger partial charge in [0.2, 0.25) is 0 Å². The average molecular weight is 264 g/mol. The van der Waals surface area contributed by atoms with Crippen LogP contribution in [-0.2, 0) is 4.74 Å². The summed E-state index contributed by atoms with van der Waals surface area (Å²) < 4.78 is 9.85. The van der Waals surface area contributed by atoms with Crippen molar-refractivity contribution in [3.05, 3.63) is 35.7 Å². The number of nitrogens with two attached hydrogens (primary N) is 1. The molecule has 0 amide bonds. The van der Waals surface area contributed by atoms with E-state index in [1.165, 1.54) is 18.9 Å². The van der Waals surface area contributed by atoms with Crippen LogP contribution in [0.15, 0.2) is 39.0 Å². The number of esters is 1. The molecule has 0 aliphatic rings. The van der Waals surface area contributed by atoms with E-state index in [1.807, 2.05) is 6.92 Å². The molecule has 18 heavy (non-hydrogen) atoms. The van der Waals surface area contributed by atoms with Crippen LogP contribution in [0.25, 0.3) is 0 Å². The molecule has 0 aliphatic heterocycles. The topological polar surface area (TPSA) is 78.3 Å². The van der Waals surface area contributed by atoms with Crippen LogP contribution in [0.5, 0.6) is 0 Å². The third kappa shape index (κ3) is 2.65. The van der Waals surface area contributed by atoms with Crippen LogP contribution in [-0.4, -0.2) is 18.1 Å². The SMILES string of the molecule is COC(=O)c1ccc(Sc2nc(C)co2)c(N)c1. The van der Waals surface area contributed by atoms with Crippen LogP contribution in [0.4, 0.5) is 5.69 Å². The molecular formula is C12H12N2O3S. The predicted molar refractivity (Wildman–Crippen MR) is 67.6 cm³/mol. The van der Waals surface area contributed by atoms with Gasteiger partial charge in [-0.25, -0.2) is 9.78 Å². The lowest BCUT2D eigenvalue weighted by Crippen LogP contribution is -2.02. The smallest absolute Gasteiger partial charge is 0.337 e. The van der Waals surface area contributed by atoms with E-state index < -0.39 is 5.97 Å². The number of carbonyl (C=O) groups excluding carboxylic acids is 1. The first-order valence-electron chi connectivity index (χ1n) is 5.18. The molecule has 0 fully saturated rings. The Bertz CT molecular complexity index is 580. The molecule has 0 spiro atoms. The zero-order valence-corrected chi connectivity index (χ0v) is 10.8. The molecule has 0 aliphatic carbocycles. The van der Waals surface area contributed by atoms with Crippen LogP contribution < -0.4 is 5.73 Å². The summed E-state index contributed by atoms with van der Waals surface area (Å²) in [5, 5.41) is 0.519. The molecule has 1 aromatic carbocycles. The Balaban J connectivity index is 2.22. The Morgan fingerprint density at radius 1 is 1.50 bits per heavy atom. The lowest BCUT2D eigenvalue weighted by molar-refractivity contribution is 0.0600. The summed E-state index contributed by atoms with van der Waals surface area (Å²) in [6.07, 6.45) is 1.57. The molecule has 0 radical (unpaired) electrons. The van der Waals surface area contributed by atoms with Crippen LogP contribution in [0.2, 0.25) is 0 Å². The monoisotopic (exact) mass is 264 g/mol. The van der Waals surface area contributed by atoms with E-state index in [9.17, 15) is 4.79 Å². The maximum absolute atomic E-state index is 11.3. The minimum atomic E-state index is -0.412. The summed E-state index contributed by atoms with van der Waals surface area (Å²) >= 11 is 1.31. The fourth-order valence-electron chi connectivity index (χ4n) is 1.36. The van der Waals surface area contributed by atoms with Crippen LogP contribution >= 0.6 is 11.8 Å². The molecular weight excluding hydrogens is 252 g/mol. The number of hydrogen-bond donors (Lipinski definition) is 1. The van der Waals surface area contributed by atoms with E-state index in [0.29, 0.717) is 16.5 Å². The van der Waals surface area contributed by atoms with Crippen molar-refractivity contribution in [2.45, 2.75) is 17.0 Å². The first-order chi connectivity index (χ1) is 8.60. The highest BCUT2D eigenvalue weighted by Crippen LogP contribution is 2.32. The van der Waals surface area contributed by atoms with Crippen LogP contribution in [0.3, 0.4) is 0 Å². The van der Waals surface area contributed by atoms with Crippen molar-refractivity contribution in [2.24, 2.45) is 0 Å². The van der Waals surface area contributed by atoms with E-state index in [0.717, 1.165) is 10.6 Å². The lowest BCUT2D eigenvalue weighted by atomic mass is 10.2. The normalized spacial score (nSPS) is 10.3. The second kappa shape index (κ2) is 5.14. The molecule has 94 valence electrons. The van der Waals surface area contributed by atoms with Crippen molar-refractivity contribution in [3.8, 4) is 0 Å². The number of nitrogen functional groups attached to an aromatic ring is 1. The first kappa shape index (κ1) is 12.5. The Morgan fingerprint density at radius 2 is 2.28 bits per heavy atom. The van der Waals surface area contributed by atoms with Crippen molar-refractivity contribution in [1.29, 1.82) is 0 Å². The van der Waals surface area contributed by atoms with Crippen molar-refractivity contribution < 1.29 is 13.9 Å². The number of ether oxygens (including phenoxy) is 1. The molecule has 2 aromatic rings. The van der Waals surface area contributed by atoms with Gasteiger partial charge in [-0.1, -0.05) is 0 Å². The second-order valence-electron chi connectivity index (χ2n) is 3.60. The molecule has 0 bridgehead atoms. The fraction of sp³-hybridized carbons (Fsp3) is 0.167. The number of rotatable bonds is 3. The van der Waals surface area contributed by atoms with Gasteiger partial charge in [0.05, 0.1) is 18.4 Å². The van der Waals surface area contributed by atoms with Gasteiger partial charge in [-0.05, 0) is 36.9 Å². The predicted octanol–water partition coefficient (Wildman–Crippen LogP) is 2.50. The van der Waals surface area contributed by atoms with E-state index in [1.54, 1.807) is 24.5 Å². The largest absolute Gasteiger partial charge is 0.465 e. The molecule has 2 N–H and O–H groups in total. The van der Waals surface area contributed by atoms with Gasteiger partial charge in [0.25, 0.3) is 5.22 Å². The molecule has 1 heterocycles. The molecule has 0 unspecified atom stereocenters. The Labute approximate surface area is 108 Å². The molecule has 2 rings (SSSR count). The van der Waals surface area contributed by atoms with Gasteiger partial charge < -0.3 is 14.9 Å². The second-order valence-corrected chi connectivity index (χ2v) is 4.59. The zero-order chi connectivity index (χ0) is 13.1. The van der Waals surface area contributed by atoms with Gasteiger partial charge in [-0.3, -0.25) is 0 Å². The van der Waals surface area contributed by atoms with E-state index in [2.05, 4.69) is 9.72 Å². The summed E-state index contributed by atoms with van der Waals surface area (Å²) in [7, 11) is 1.33. The average Bonchev–Trinajstić information content (AvgIpc) is 2.76. The molecule has 1 aromatic heterocycles. The standard InChI is InChI=1S/C12H12N2O3S/c1-7-6-17-12(14-7)18-10-4-3-8(5-9(10)13)11(15)16-2/h3-6H,13H2,1-2H3. The zero-order valence-electron chi connectivity index (χ0n) is 9.97. The maximum atomic E-state index is 11.3. The quantitative estimate of drug-likeness (QED) is 0.678. The molecule has 0 saturated heterocycles. The van der Waals surface area contributed by atoms with Crippen LogP contribution in [0.1, 0.15) is 16.1 Å². The van der Waals surface area contributed by atoms with Crippen molar-refractivity contribution in [2.75, 3.05) is 12.8 Å². The number of aryl methyl sites for hydroxylation is 1. The third-order valence-electron chi connectivity index (χ3n) is 2.23. The molecule has 6 heteroatoms. The number of anilines is 1. The number of oxazole rings is 1. The van der Waals surface area contributed by atoms with Crippen molar-refractivity contribution in [3.63, 3.8) is 0 Å². The van der Waals surface area contributed by atoms with E-state index in [4.69, 9.17) is 10.2 Å². The summed E-state index contributed by atoms with van der Waals surface area (Å²) in [6, 6.07) is 4.97. The summed E-state index contributed by atoms with van der Waals surface area (Å²) in [6.45, 7) is 1.84. The van der Waals surface area contributed by atoms with Gasteiger partial charge in [0.1, 0.15) is 6.26 Å². The number of nitrogens with zero attached hydrogens (tertiary/aromatic N) is 1. The first-order valence-corrected chi connectivity index (χ1v) is 5.99. The molecule has 0 atom stereocenters. The summed E-state index contributed by atoms with van der Waals surface area (Å²) in [4.78, 5) is 16.3. The van der Waals surface area contributed by atoms with E-state index >= 15 is 0 Å². The van der Waals surface area contributed by atoms with Gasteiger partial charge in [-0.15, -0.1) is 0 Å². The molecule has 0 saturated carbocycles. The number of methoxy groups -OCH3 is 1. The Kier molecular flexibility index (Phi) is 3.57. The summed E-state index contributed by atoms with van der Waals surface area (Å²) in [5.41, 5.74) is 7.58.